The van der Waals surface area contributed by atoms with Gasteiger partial charge < -0.3 is 4.42 Å². The van der Waals surface area contributed by atoms with E-state index in [0.29, 0.717) is 12.2 Å². The zero-order chi connectivity index (χ0) is 8.97. The van der Waals surface area contributed by atoms with E-state index in [2.05, 4.69) is 6.92 Å². The maximum absolute atomic E-state index is 10.2. The average molecular weight is 166 g/mol. The molecule has 1 aromatic heterocycles. The summed E-state index contributed by atoms with van der Waals surface area (Å²) in [5.74, 6) is 0.240. The van der Waals surface area contributed by atoms with E-state index >= 15 is 0 Å². The molecule has 12 heavy (non-hydrogen) atoms. The minimum absolute atomic E-state index is 0.237. The molecular formula is C8H8NO3. The first kappa shape index (κ1) is 8.52. The van der Waals surface area contributed by atoms with Crippen molar-refractivity contribution in [3.05, 3.63) is 41.0 Å². The molecule has 0 aliphatic rings. The van der Waals surface area contributed by atoms with Crippen molar-refractivity contribution in [2.75, 3.05) is 0 Å². The molecule has 1 aromatic rings. The molecule has 0 aliphatic carbocycles. The van der Waals surface area contributed by atoms with E-state index in [-0.39, 0.29) is 5.88 Å². The quantitative estimate of drug-likeness (QED) is 0.511. The first-order valence-corrected chi connectivity index (χ1v) is 3.44. The van der Waals surface area contributed by atoms with Crippen molar-refractivity contribution in [1.29, 1.82) is 0 Å². The molecule has 0 fully saturated rings. The summed E-state index contributed by atoms with van der Waals surface area (Å²) in [5, 5.41) is 10.2. The van der Waals surface area contributed by atoms with Crippen molar-refractivity contribution in [1.82, 2.24) is 0 Å². The van der Waals surface area contributed by atoms with E-state index in [1.807, 2.05) is 0 Å². The first-order chi connectivity index (χ1) is 5.74. The Hall–Kier alpha value is -1.58. The van der Waals surface area contributed by atoms with E-state index in [1.165, 1.54) is 6.07 Å². The van der Waals surface area contributed by atoms with Gasteiger partial charge in [0.15, 0.2) is 0 Å². The van der Waals surface area contributed by atoms with E-state index in [4.69, 9.17) is 4.42 Å². The van der Waals surface area contributed by atoms with Gasteiger partial charge in [-0.1, -0.05) is 6.08 Å². The summed E-state index contributed by atoms with van der Waals surface area (Å²) in [6.45, 7) is 3.58. The van der Waals surface area contributed by atoms with Crippen LogP contribution in [-0.2, 0) is 0 Å². The largest absolute Gasteiger partial charge is 0.433 e. The van der Waals surface area contributed by atoms with Crippen LogP contribution < -0.4 is 0 Å². The van der Waals surface area contributed by atoms with Crippen LogP contribution in [0.4, 0.5) is 5.88 Å². The Morgan fingerprint density at radius 3 is 2.92 bits per heavy atom. The summed E-state index contributed by atoms with van der Waals surface area (Å²) < 4.78 is 4.83. The Morgan fingerprint density at radius 1 is 1.67 bits per heavy atom. The maximum Gasteiger partial charge on any atom is 0.433 e. The number of allylic oxidation sites excluding steroid dienone is 1. The number of nitrogens with zero attached hydrogens (tertiary/aromatic N) is 1. The van der Waals surface area contributed by atoms with Crippen molar-refractivity contribution in [3.8, 4) is 0 Å². The van der Waals surface area contributed by atoms with Gasteiger partial charge in [0.1, 0.15) is 10.7 Å². The third-order valence-electron chi connectivity index (χ3n) is 1.24. The topological polar surface area (TPSA) is 56.3 Å². The lowest BCUT2D eigenvalue weighted by Crippen LogP contribution is -1.82. The molecule has 0 saturated heterocycles. The third-order valence-corrected chi connectivity index (χ3v) is 1.24. The minimum atomic E-state index is -0.568. The number of rotatable bonds is 3. The van der Waals surface area contributed by atoms with Crippen LogP contribution in [0.25, 0.3) is 6.08 Å². The van der Waals surface area contributed by atoms with Crippen molar-refractivity contribution < 1.29 is 9.34 Å². The summed E-state index contributed by atoms with van der Waals surface area (Å²) in [6, 6.07) is 2.87. The standard InChI is InChI=1S/C8H8NO3/c1-2-3-4-7-5-6-8(12-7)9(10)11/h3-6H,1-2H2/b4-3+. The molecule has 0 bridgehead atoms. The molecule has 1 radical (unpaired) electrons. The second kappa shape index (κ2) is 3.71. The molecular weight excluding hydrogens is 158 g/mol. The van der Waals surface area contributed by atoms with Crippen LogP contribution in [0.2, 0.25) is 0 Å². The number of nitro groups is 1. The van der Waals surface area contributed by atoms with E-state index in [0.717, 1.165) is 0 Å². The van der Waals surface area contributed by atoms with Crippen LogP contribution in [0.1, 0.15) is 12.2 Å². The van der Waals surface area contributed by atoms with Gasteiger partial charge in [-0.25, -0.2) is 0 Å². The summed E-state index contributed by atoms with van der Waals surface area (Å²) in [5.41, 5.74) is 0. The highest BCUT2D eigenvalue weighted by Gasteiger charge is 2.09. The molecule has 0 spiro atoms. The molecule has 4 nitrogen and oxygen atoms in total. The van der Waals surface area contributed by atoms with Crippen LogP contribution in [-0.4, -0.2) is 4.92 Å². The fraction of sp³-hybridized carbons (Fsp3) is 0.125. The highest BCUT2D eigenvalue weighted by Crippen LogP contribution is 2.16. The van der Waals surface area contributed by atoms with Gasteiger partial charge in [-0.05, 0) is 25.5 Å². The molecule has 1 rings (SSSR count). The van der Waals surface area contributed by atoms with Crippen LogP contribution in [0.3, 0.4) is 0 Å². The third kappa shape index (κ3) is 1.95. The van der Waals surface area contributed by atoms with Gasteiger partial charge in [0.25, 0.3) is 0 Å². The fourth-order valence-electron chi connectivity index (χ4n) is 0.729. The van der Waals surface area contributed by atoms with E-state index < -0.39 is 4.92 Å². The fourth-order valence-corrected chi connectivity index (χ4v) is 0.729. The van der Waals surface area contributed by atoms with Crippen LogP contribution >= 0.6 is 0 Å². The smallest absolute Gasteiger partial charge is 0.401 e. The number of hydrogen-bond acceptors (Lipinski definition) is 3. The van der Waals surface area contributed by atoms with Crippen molar-refractivity contribution in [2.45, 2.75) is 6.42 Å². The van der Waals surface area contributed by atoms with Gasteiger partial charge in [0, 0.05) is 0 Å². The molecule has 0 aromatic carbocycles. The second-order valence-corrected chi connectivity index (χ2v) is 2.12. The lowest BCUT2D eigenvalue weighted by Gasteiger charge is -1.82. The van der Waals surface area contributed by atoms with Gasteiger partial charge in [0.2, 0.25) is 0 Å². The van der Waals surface area contributed by atoms with Gasteiger partial charge in [0.05, 0.1) is 6.07 Å². The zero-order valence-electron chi connectivity index (χ0n) is 6.40. The van der Waals surface area contributed by atoms with Crippen molar-refractivity contribution >= 4 is 12.0 Å². The monoisotopic (exact) mass is 166 g/mol. The normalized spacial score (nSPS) is 10.8. The number of hydrogen-bond donors (Lipinski definition) is 0. The van der Waals surface area contributed by atoms with Crippen molar-refractivity contribution in [2.24, 2.45) is 0 Å². The molecule has 0 N–H and O–H groups in total. The van der Waals surface area contributed by atoms with Gasteiger partial charge in [-0.2, -0.15) is 0 Å². The van der Waals surface area contributed by atoms with Crippen LogP contribution in [0.15, 0.2) is 22.6 Å². The summed E-state index contributed by atoms with van der Waals surface area (Å²) >= 11 is 0. The summed E-state index contributed by atoms with van der Waals surface area (Å²) in [6.07, 6.45) is 4.05. The maximum atomic E-state index is 10.2. The highest BCUT2D eigenvalue weighted by atomic mass is 16.6. The zero-order valence-corrected chi connectivity index (χ0v) is 6.40. The average Bonchev–Trinajstić information content (AvgIpc) is 2.48. The van der Waals surface area contributed by atoms with Gasteiger partial charge in [-0.3, -0.25) is 10.1 Å². The van der Waals surface area contributed by atoms with Crippen LogP contribution in [0, 0.1) is 17.0 Å². The molecule has 0 amide bonds. The van der Waals surface area contributed by atoms with Gasteiger partial charge >= 0.3 is 5.88 Å². The molecule has 4 heteroatoms. The highest BCUT2D eigenvalue weighted by molar-refractivity contribution is 5.44. The Morgan fingerprint density at radius 2 is 2.42 bits per heavy atom. The lowest BCUT2D eigenvalue weighted by molar-refractivity contribution is -0.402. The predicted octanol–water partition coefficient (Wildman–Crippen LogP) is 2.43. The minimum Gasteiger partial charge on any atom is -0.401 e. The lowest BCUT2D eigenvalue weighted by atomic mass is 10.3. The van der Waals surface area contributed by atoms with E-state index in [1.54, 1.807) is 18.2 Å². The first-order valence-electron chi connectivity index (χ1n) is 3.44. The Balaban J connectivity index is 2.77. The molecule has 63 valence electrons. The summed E-state index contributed by atoms with van der Waals surface area (Å²) in [4.78, 5) is 9.60. The number of furan rings is 1. The summed E-state index contributed by atoms with van der Waals surface area (Å²) in [7, 11) is 0. The Bertz CT molecular complexity index is 301. The predicted molar refractivity (Wildman–Crippen MR) is 44.4 cm³/mol. The van der Waals surface area contributed by atoms with Gasteiger partial charge in [-0.15, -0.1) is 0 Å². The molecule has 0 aliphatic heterocycles. The Labute approximate surface area is 69.6 Å². The molecule has 0 atom stereocenters. The van der Waals surface area contributed by atoms with Crippen molar-refractivity contribution in [3.63, 3.8) is 0 Å². The van der Waals surface area contributed by atoms with E-state index in [9.17, 15) is 10.1 Å². The molecule has 0 unspecified atom stereocenters. The Kier molecular flexibility index (Phi) is 2.63. The second-order valence-electron chi connectivity index (χ2n) is 2.12. The molecule has 0 saturated carbocycles. The SMILES string of the molecule is [CH2]C/C=C/c1ccc([N+](=O)[O-])o1. The van der Waals surface area contributed by atoms with Crippen LogP contribution in [0.5, 0.6) is 0 Å². The molecule has 1 heterocycles.